The Balaban J connectivity index is 4.58. The van der Waals surface area contributed by atoms with Gasteiger partial charge in [0.2, 0.25) is 0 Å². The van der Waals surface area contributed by atoms with Crippen molar-refractivity contribution in [2.45, 2.75) is 213 Å². The fourth-order valence-electron chi connectivity index (χ4n) is 6.84. The third-order valence-corrected chi connectivity index (χ3v) is 10.8. The highest BCUT2D eigenvalue weighted by molar-refractivity contribution is 5.71. The van der Waals surface area contributed by atoms with Gasteiger partial charge >= 0.3 is 17.9 Å². The van der Waals surface area contributed by atoms with Crippen molar-refractivity contribution in [3.63, 3.8) is 0 Å². The minimum atomic E-state index is -0.829. The van der Waals surface area contributed by atoms with E-state index in [1.165, 1.54) is 70.6 Å². The van der Waals surface area contributed by atoms with E-state index in [0.29, 0.717) is 19.3 Å². The highest BCUT2D eigenvalue weighted by Gasteiger charge is 2.19. The Morgan fingerprint density at radius 3 is 0.956 bits per heavy atom. The maximum absolute atomic E-state index is 12.8. The van der Waals surface area contributed by atoms with E-state index in [2.05, 4.69) is 57.2 Å². The standard InChI is InChI=1S/C62H96O6/c1-4-7-10-13-16-19-22-25-28-30-32-34-37-40-43-46-49-52-55-61(64)67-58-59(57-66-60(63)54-51-48-45-42-39-36-33-27-24-21-18-15-12-9-6-3)68-62(65)56-53-50-47-44-41-38-35-31-29-26-23-20-17-14-11-8-5-2/h8-9,11-12,14-15,17-18,20-21,23-24,26-27,29,31-36,38-39,41,59H,4-7,10,13,16,19,22,25,28,30,37,40,42-58H2,1-3H3/b11-8-,12-9-,17-14-,18-15-,23-20-,24-21-,29-26-,33-27-,34-32-,35-31+,39-36-,41-38-. The minimum absolute atomic E-state index is 0.121. The fraction of sp³-hybridized carbons (Fsp3) is 0.565. The number of carbonyl (C=O) groups excluding carboxylic acids is 3. The Labute approximate surface area is 417 Å². The van der Waals surface area contributed by atoms with Crippen molar-refractivity contribution in [3.8, 4) is 0 Å². The number of hydrogen-bond donors (Lipinski definition) is 0. The second kappa shape index (κ2) is 54.9. The molecule has 0 aromatic heterocycles. The van der Waals surface area contributed by atoms with Gasteiger partial charge in [0.25, 0.3) is 0 Å². The topological polar surface area (TPSA) is 78.9 Å². The first-order valence-electron chi connectivity index (χ1n) is 27.0. The normalized spacial score (nSPS) is 13.3. The molecule has 0 saturated heterocycles. The van der Waals surface area contributed by atoms with Gasteiger partial charge in [-0.15, -0.1) is 0 Å². The summed E-state index contributed by atoms with van der Waals surface area (Å²) in [6, 6.07) is 0. The molecule has 1 unspecified atom stereocenters. The smallest absolute Gasteiger partial charge is 0.306 e. The maximum atomic E-state index is 12.8. The molecule has 0 aliphatic carbocycles. The highest BCUT2D eigenvalue weighted by Crippen LogP contribution is 2.13. The van der Waals surface area contributed by atoms with Gasteiger partial charge in [0.15, 0.2) is 6.10 Å². The Morgan fingerprint density at radius 1 is 0.309 bits per heavy atom. The van der Waals surface area contributed by atoms with E-state index in [4.69, 9.17) is 14.2 Å². The maximum Gasteiger partial charge on any atom is 0.306 e. The summed E-state index contributed by atoms with van der Waals surface area (Å²) >= 11 is 0. The zero-order valence-electron chi connectivity index (χ0n) is 43.3. The number of carbonyl (C=O) groups is 3. The van der Waals surface area contributed by atoms with Crippen LogP contribution in [0.4, 0.5) is 0 Å². The molecule has 0 amide bonds. The summed E-state index contributed by atoms with van der Waals surface area (Å²) in [4.78, 5) is 38.1. The molecule has 0 radical (unpaired) electrons. The van der Waals surface area contributed by atoms with Gasteiger partial charge in [-0.05, 0) is 83.5 Å². The van der Waals surface area contributed by atoms with Crippen molar-refractivity contribution in [2.75, 3.05) is 13.2 Å². The molecule has 0 bridgehead atoms. The first-order chi connectivity index (χ1) is 33.5. The molecule has 6 nitrogen and oxygen atoms in total. The summed E-state index contributed by atoms with van der Waals surface area (Å²) in [6.45, 7) is 6.25. The van der Waals surface area contributed by atoms with E-state index in [-0.39, 0.29) is 37.5 Å². The monoisotopic (exact) mass is 937 g/mol. The van der Waals surface area contributed by atoms with E-state index in [1.807, 2.05) is 109 Å². The van der Waals surface area contributed by atoms with E-state index >= 15 is 0 Å². The lowest BCUT2D eigenvalue weighted by molar-refractivity contribution is -0.167. The van der Waals surface area contributed by atoms with Gasteiger partial charge in [-0.2, -0.15) is 0 Å². The predicted molar refractivity (Wildman–Crippen MR) is 292 cm³/mol. The summed E-state index contributed by atoms with van der Waals surface area (Å²) in [5.74, 6) is -1.02. The van der Waals surface area contributed by atoms with Crippen molar-refractivity contribution < 1.29 is 28.6 Å². The van der Waals surface area contributed by atoms with Crippen LogP contribution in [0.1, 0.15) is 207 Å². The summed E-state index contributed by atoms with van der Waals surface area (Å²) in [5, 5.41) is 0. The Kier molecular flexibility index (Phi) is 51.1. The average Bonchev–Trinajstić information content (AvgIpc) is 3.34. The number of ether oxygens (including phenoxy) is 3. The number of unbranched alkanes of at least 4 members (excludes halogenated alkanes) is 20. The lowest BCUT2D eigenvalue weighted by Gasteiger charge is -2.18. The van der Waals surface area contributed by atoms with Gasteiger partial charge in [0.05, 0.1) is 0 Å². The molecule has 0 fully saturated rings. The van der Waals surface area contributed by atoms with Gasteiger partial charge in [0.1, 0.15) is 13.2 Å². The fourth-order valence-corrected chi connectivity index (χ4v) is 6.84. The molecule has 0 N–H and O–H groups in total. The molecule has 0 aliphatic heterocycles. The summed E-state index contributed by atoms with van der Waals surface area (Å²) in [7, 11) is 0. The molecule has 0 spiro atoms. The van der Waals surface area contributed by atoms with Crippen LogP contribution >= 0.6 is 0 Å². The van der Waals surface area contributed by atoms with Crippen LogP contribution in [0.25, 0.3) is 0 Å². The molecule has 0 saturated carbocycles. The molecule has 0 aliphatic rings. The summed E-state index contributed by atoms with van der Waals surface area (Å²) < 4.78 is 16.7. The van der Waals surface area contributed by atoms with Gasteiger partial charge in [0, 0.05) is 19.3 Å². The predicted octanol–water partition coefficient (Wildman–Crippen LogP) is 18.0. The van der Waals surface area contributed by atoms with Crippen LogP contribution in [0.3, 0.4) is 0 Å². The van der Waals surface area contributed by atoms with Gasteiger partial charge in [-0.1, -0.05) is 250 Å². The second-order valence-electron chi connectivity index (χ2n) is 17.3. The zero-order chi connectivity index (χ0) is 49.3. The molecule has 1 atom stereocenters. The van der Waals surface area contributed by atoms with Crippen LogP contribution in [0.15, 0.2) is 146 Å². The number of allylic oxidation sites excluding steroid dienone is 24. The third kappa shape index (κ3) is 52.3. The third-order valence-electron chi connectivity index (χ3n) is 10.8. The van der Waals surface area contributed by atoms with Crippen molar-refractivity contribution in [3.05, 3.63) is 146 Å². The SMILES string of the molecule is CC\C=C/C=C\C=C/C=C\C=C/CCCCCC(=O)OCC(COC(=O)CCCCCCC/C=C\CCCCCCCCCCC)OC(=O)CCCCC\C=C/C=C/C=C\C=C/C=C\C=C/CC. The molecular formula is C62H96O6. The molecule has 68 heavy (non-hydrogen) atoms. The van der Waals surface area contributed by atoms with Crippen LogP contribution in [-0.2, 0) is 28.6 Å². The highest BCUT2D eigenvalue weighted by atomic mass is 16.6. The van der Waals surface area contributed by atoms with Gasteiger partial charge in [-0.3, -0.25) is 14.4 Å². The number of esters is 3. The van der Waals surface area contributed by atoms with Crippen molar-refractivity contribution in [2.24, 2.45) is 0 Å². The number of hydrogen-bond acceptors (Lipinski definition) is 6. The molecule has 0 rings (SSSR count). The van der Waals surface area contributed by atoms with E-state index in [1.54, 1.807) is 0 Å². The van der Waals surface area contributed by atoms with Gasteiger partial charge < -0.3 is 14.2 Å². The zero-order valence-corrected chi connectivity index (χ0v) is 43.3. The molecule has 0 aromatic carbocycles. The Bertz CT molecular complexity index is 1540. The summed E-state index contributed by atoms with van der Waals surface area (Å²) in [6.07, 6.45) is 78.3. The molecule has 380 valence electrons. The van der Waals surface area contributed by atoms with Crippen LogP contribution in [-0.4, -0.2) is 37.2 Å². The molecule has 6 heteroatoms. The van der Waals surface area contributed by atoms with Gasteiger partial charge in [-0.25, -0.2) is 0 Å². The first-order valence-corrected chi connectivity index (χ1v) is 27.0. The lowest BCUT2D eigenvalue weighted by Crippen LogP contribution is -2.30. The minimum Gasteiger partial charge on any atom is -0.462 e. The lowest BCUT2D eigenvalue weighted by atomic mass is 10.1. The Hall–Kier alpha value is -4.71. The Morgan fingerprint density at radius 2 is 0.588 bits per heavy atom. The van der Waals surface area contributed by atoms with Crippen LogP contribution in [0.5, 0.6) is 0 Å². The number of rotatable bonds is 46. The summed E-state index contributed by atoms with van der Waals surface area (Å²) in [5.41, 5.74) is 0. The molecular weight excluding hydrogens is 841 g/mol. The average molecular weight is 937 g/mol. The quantitative estimate of drug-likeness (QED) is 0.0199. The van der Waals surface area contributed by atoms with E-state index in [0.717, 1.165) is 89.9 Å². The molecule has 0 heterocycles. The molecule has 0 aromatic rings. The second-order valence-corrected chi connectivity index (χ2v) is 17.3. The van der Waals surface area contributed by atoms with E-state index in [9.17, 15) is 14.4 Å². The van der Waals surface area contributed by atoms with Crippen molar-refractivity contribution >= 4 is 17.9 Å². The first kappa shape index (κ1) is 63.3. The van der Waals surface area contributed by atoms with Crippen LogP contribution < -0.4 is 0 Å². The van der Waals surface area contributed by atoms with E-state index < -0.39 is 6.10 Å². The van der Waals surface area contributed by atoms with Crippen molar-refractivity contribution in [1.29, 1.82) is 0 Å². The van der Waals surface area contributed by atoms with Crippen LogP contribution in [0, 0.1) is 0 Å². The van der Waals surface area contributed by atoms with Crippen molar-refractivity contribution in [1.82, 2.24) is 0 Å². The van der Waals surface area contributed by atoms with Crippen LogP contribution in [0.2, 0.25) is 0 Å². The largest absolute Gasteiger partial charge is 0.462 e.